The number of hydrogen-bond acceptors (Lipinski definition) is 2. The number of fused-ring (bicyclic) bond motifs is 1. The first-order chi connectivity index (χ1) is 7.18. The molecule has 4 N–H and O–H groups in total. The van der Waals surface area contributed by atoms with Crippen LogP contribution in [0.3, 0.4) is 0 Å². The first kappa shape index (κ1) is 13.9. The normalized spacial score (nSPS) is 12.1. The van der Waals surface area contributed by atoms with E-state index in [2.05, 4.69) is 4.98 Å². The molecule has 5 heteroatoms. The quantitative estimate of drug-likeness (QED) is 0.560. The Labute approximate surface area is 137 Å². The number of aromatic nitrogens is 1. The molecule has 0 aliphatic heterocycles. The monoisotopic (exact) mass is 244 g/mol. The topological polar surface area (TPSA) is 79.1 Å². The van der Waals surface area contributed by atoms with Crippen LogP contribution < -0.4 is 57.1 Å². The van der Waals surface area contributed by atoms with E-state index in [1.54, 1.807) is 0 Å². The number of aromatic amines is 1. The second kappa shape index (κ2) is 5.95. The van der Waals surface area contributed by atoms with Gasteiger partial charge in [0.05, 0.1) is 0 Å². The molecule has 0 unspecified atom stereocenters. The van der Waals surface area contributed by atoms with Crippen molar-refractivity contribution in [2.75, 3.05) is 0 Å². The van der Waals surface area contributed by atoms with E-state index in [4.69, 9.17) is 10.8 Å². The van der Waals surface area contributed by atoms with E-state index in [1.807, 2.05) is 30.5 Å². The van der Waals surface area contributed by atoms with E-state index in [-0.39, 0.29) is 52.8 Å². The first-order valence-electron chi connectivity index (χ1n) is 4.72. The molecule has 2 aromatic rings. The van der Waals surface area contributed by atoms with Crippen LogP contribution in [0.25, 0.3) is 10.9 Å². The minimum atomic E-state index is -0.972. The van der Waals surface area contributed by atoms with Crippen molar-refractivity contribution in [3.63, 3.8) is 0 Å². The number of H-pyrrole nitrogens is 1. The number of aliphatic carboxylic acids is 1. The molecule has 0 saturated heterocycles. The van der Waals surface area contributed by atoms with E-state index >= 15 is 0 Å². The molecule has 0 aliphatic rings. The van der Waals surface area contributed by atoms with Crippen LogP contribution in [0, 0.1) is 0 Å². The number of para-hydroxylation sites is 1. The zero-order valence-corrected chi connectivity index (χ0v) is 12.2. The summed E-state index contributed by atoms with van der Waals surface area (Å²) in [4.78, 5) is 13.7. The summed E-state index contributed by atoms with van der Waals surface area (Å²) < 4.78 is 0. The third kappa shape index (κ3) is 2.94. The number of carboxylic acids is 1. The Balaban J connectivity index is 0.00000128. The maximum Gasteiger partial charge on any atom is 1.00 e. The standard InChI is InChI=1S/C11H12N2O2.K.H/c12-9(11(14)15)5-7-6-13-10-4-2-1-3-8(7)10;;/h1-4,6,9,13H,5,12H2,(H,14,15);;/q;+1;-1/t9-;;/m0../s1. The predicted octanol–water partition coefficient (Wildman–Crippen LogP) is -1.76. The molecule has 0 fully saturated rings. The Morgan fingerprint density at radius 2 is 2.19 bits per heavy atom. The van der Waals surface area contributed by atoms with Gasteiger partial charge in [-0.25, -0.2) is 0 Å². The molecule has 0 amide bonds. The van der Waals surface area contributed by atoms with Crippen LogP contribution in [0.2, 0.25) is 0 Å². The summed E-state index contributed by atoms with van der Waals surface area (Å²) in [5, 5.41) is 9.75. The molecule has 1 atom stereocenters. The Morgan fingerprint density at radius 3 is 2.88 bits per heavy atom. The summed E-state index contributed by atoms with van der Waals surface area (Å²) in [6.45, 7) is 0. The van der Waals surface area contributed by atoms with Gasteiger partial charge in [0, 0.05) is 23.5 Å². The van der Waals surface area contributed by atoms with Gasteiger partial charge < -0.3 is 17.3 Å². The molecule has 16 heavy (non-hydrogen) atoms. The number of nitrogens with one attached hydrogen (secondary N) is 1. The first-order valence-corrected chi connectivity index (χ1v) is 4.72. The summed E-state index contributed by atoms with van der Waals surface area (Å²) in [6.07, 6.45) is 2.16. The van der Waals surface area contributed by atoms with Crippen molar-refractivity contribution in [1.82, 2.24) is 4.98 Å². The Morgan fingerprint density at radius 1 is 1.50 bits per heavy atom. The number of hydrogen-bond donors (Lipinski definition) is 3. The van der Waals surface area contributed by atoms with Gasteiger partial charge in [-0.1, -0.05) is 18.2 Å². The van der Waals surface area contributed by atoms with Gasteiger partial charge in [-0.15, -0.1) is 0 Å². The van der Waals surface area contributed by atoms with E-state index in [9.17, 15) is 4.79 Å². The minimum Gasteiger partial charge on any atom is -1.00 e. The Kier molecular flexibility index (Phi) is 5.16. The van der Waals surface area contributed by atoms with Crippen LogP contribution in [-0.4, -0.2) is 22.1 Å². The summed E-state index contributed by atoms with van der Waals surface area (Å²) in [6, 6.07) is 6.91. The zero-order chi connectivity index (χ0) is 10.8. The SMILES string of the molecule is N[C@@H](Cc1c[nH]c2ccccc12)C(=O)O.[H-].[K+]. The van der Waals surface area contributed by atoms with Crippen LogP contribution in [0.5, 0.6) is 0 Å². The van der Waals surface area contributed by atoms with Gasteiger partial charge in [-0.05, 0) is 11.6 Å². The van der Waals surface area contributed by atoms with Crippen LogP contribution in [0.15, 0.2) is 30.5 Å². The molecule has 2 rings (SSSR count). The van der Waals surface area contributed by atoms with Crippen LogP contribution in [0.4, 0.5) is 0 Å². The maximum atomic E-state index is 10.6. The number of rotatable bonds is 3. The number of carbonyl (C=O) groups is 1. The number of carboxylic acid groups (broad SMARTS) is 1. The molecule has 80 valence electrons. The average Bonchev–Trinajstić information content (AvgIpc) is 2.62. The summed E-state index contributed by atoms with van der Waals surface area (Å²) in [5.41, 5.74) is 7.43. The van der Waals surface area contributed by atoms with Crippen LogP contribution in [-0.2, 0) is 11.2 Å². The summed E-state index contributed by atoms with van der Waals surface area (Å²) in [5.74, 6) is -0.972. The molecule has 1 aromatic heterocycles. The predicted molar refractivity (Wildman–Crippen MR) is 58.7 cm³/mol. The largest absolute Gasteiger partial charge is 1.00 e. The third-order valence-electron chi connectivity index (χ3n) is 2.43. The molecule has 1 heterocycles. The molecular formula is C11H13KN2O2. The van der Waals surface area contributed by atoms with Crippen molar-refractivity contribution in [2.45, 2.75) is 12.5 Å². The molecule has 4 nitrogen and oxygen atoms in total. The van der Waals surface area contributed by atoms with Gasteiger partial charge >= 0.3 is 57.4 Å². The van der Waals surface area contributed by atoms with E-state index < -0.39 is 12.0 Å². The van der Waals surface area contributed by atoms with Gasteiger partial charge in [0.25, 0.3) is 0 Å². The van der Waals surface area contributed by atoms with Crippen molar-refractivity contribution in [3.05, 3.63) is 36.0 Å². The van der Waals surface area contributed by atoms with E-state index in [0.717, 1.165) is 16.5 Å². The average molecular weight is 244 g/mol. The van der Waals surface area contributed by atoms with Crippen molar-refractivity contribution >= 4 is 16.9 Å². The molecular weight excluding hydrogens is 231 g/mol. The molecule has 0 aliphatic carbocycles. The zero-order valence-electron chi connectivity index (χ0n) is 10.1. The number of benzene rings is 1. The fourth-order valence-electron chi connectivity index (χ4n) is 1.62. The molecule has 0 radical (unpaired) electrons. The second-order valence-electron chi connectivity index (χ2n) is 3.51. The second-order valence-corrected chi connectivity index (χ2v) is 3.51. The molecule has 0 saturated carbocycles. The van der Waals surface area contributed by atoms with Crippen LogP contribution in [0.1, 0.15) is 6.99 Å². The number of nitrogens with two attached hydrogens (primary N) is 1. The van der Waals surface area contributed by atoms with Crippen molar-refractivity contribution in [2.24, 2.45) is 5.73 Å². The Hall–Kier alpha value is -0.174. The molecule has 1 aromatic carbocycles. The third-order valence-corrected chi connectivity index (χ3v) is 2.43. The van der Waals surface area contributed by atoms with Gasteiger partial charge in [-0.3, -0.25) is 4.79 Å². The van der Waals surface area contributed by atoms with Crippen molar-refractivity contribution in [3.8, 4) is 0 Å². The van der Waals surface area contributed by atoms with Crippen molar-refractivity contribution < 1.29 is 62.7 Å². The summed E-state index contributed by atoms with van der Waals surface area (Å²) >= 11 is 0. The Bertz CT molecular complexity index is 501. The fraction of sp³-hybridized carbons (Fsp3) is 0.182. The minimum absolute atomic E-state index is 0. The van der Waals surface area contributed by atoms with Crippen molar-refractivity contribution in [1.29, 1.82) is 0 Å². The van der Waals surface area contributed by atoms with E-state index in [0.29, 0.717) is 6.42 Å². The van der Waals surface area contributed by atoms with Gasteiger partial charge in [0.2, 0.25) is 0 Å². The molecule has 0 bridgehead atoms. The maximum absolute atomic E-state index is 10.6. The smallest absolute Gasteiger partial charge is 1.00 e. The summed E-state index contributed by atoms with van der Waals surface area (Å²) in [7, 11) is 0. The van der Waals surface area contributed by atoms with Gasteiger partial charge in [-0.2, -0.15) is 0 Å². The van der Waals surface area contributed by atoms with E-state index in [1.165, 1.54) is 0 Å². The molecule has 0 spiro atoms. The van der Waals surface area contributed by atoms with Crippen LogP contribution >= 0.6 is 0 Å². The fourth-order valence-corrected chi connectivity index (χ4v) is 1.62. The van der Waals surface area contributed by atoms with Gasteiger partial charge in [0.1, 0.15) is 6.04 Å². The van der Waals surface area contributed by atoms with Gasteiger partial charge in [0.15, 0.2) is 0 Å².